The van der Waals surface area contributed by atoms with E-state index in [-0.39, 0.29) is 6.10 Å². The third kappa shape index (κ3) is 4.41. The van der Waals surface area contributed by atoms with Gasteiger partial charge >= 0.3 is 0 Å². The number of aliphatic hydroxyl groups is 1. The molecule has 1 fully saturated rings. The number of aliphatic hydroxyl groups excluding tert-OH is 1. The molecule has 1 unspecified atom stereocenters. The minimum Gasteiger partial charge on any atom is -0.388 e. The summed E-state index contributed by atoms with van der Waals surface area (Å²) in [7, 11) is 0. The fraction of sp³-hybridized carbons (Fsp3) is 0.714. The lowest BCUT2D eigenvalue weighted by Gasteiger charge is -2.21. The summed E-state index contributed by atoms with van der Waals surface area (Å²) >= 11 is 1.65. The van der Waals surface area contributed by atoms with Crippen LogP contribution in [0.25, 0.3) is 0 Å². The highest BCUT2D eigenvalue weighted by molar-refractivity contribution is 7.10. The van der Waals surface area contributed by atoms with Gasteiger partial charge in [-0.05, 0) is 36.6 Å². The molecule has 2 nitrogen and oxygen atoms in total. The Balaban J connectivity index is 1.56. The zero-order valence-electron chi connectivity index (χ0n) is 10.3. The normalized spacial score (nSPS) is 19.4. The van der Waals surface area contributed by atoms with Crippen molar-refractivity contribution in [2.24, 2.45) is 5.92 Å². The van der Waals surface area contributed by atoms with Crippen LogP contribution in [0, 0.1) is 5.92 Å². The Kier molecular flexibility index (Phi) is 5.49. The van der Waals surface area contributed by atoms with E-state index in [4.69, 9.17) is 4.74 Å². The Hall–Kier alpha value is -0.380. The van der Waals surface area contributed by atoms with Crippen LogP contribution in [-0.4, -0.2) is 18.3 Å². The smallest absolute Gasteiger partial charge is 0.0882 e. The maximum Gasteiger partial charge on any atom is 0.0882 e. The van der Waals surface area contributed by atoms with Gasteiger partial charge in [0.05, 0.1) is 6.10 Å². The molecule has 2 heterocycles. The van der Waals surface area contributed by atoms with Crippen LogP contribution in [0.3, 0.4) is 0 Å². The molecule has 0 aliphatic carbocycles. The van der Waals surface area contributed by atoms with Gasteiger partial charge in [0.15, 0.2) is 0 Å². The van der Waals surface area contributed by atoms with Crippen molar-refractivity contribution >= 4 is 11.3 Å². The molecule has 1 N–H and O–H groups in total. The van der Waals surface area contributed by atoms with E-state index in [1.54, 1.807) is 11.3 Å². The summed E-state index contributed by atoms with van der Waals surface area (Å²) in [5, 5.41) is 12.0. The summed E-state index contributed by atoms with van der Waals surface area (Å²) in [5.41, 5.74) is 0. The maximum absolute atomic E-state index is 9.94. The Morgan fingerprint density at radius 2 is 2.18 bits per heavy atom. The van der Waals surface area contributed by atoms with E-state index < -0.39 is 0 Å². The van der Waals surface area contributed by atoms with Gasteiger partial charge < -0.3 is 9.84 Å². The van der Waals surface area contributed by atoms with Crippen molar-refractivity contribution < 1.29 is 9.84 Å². The second-order valence-corrected chi connectivity index (χ2v) is 5.85. The molecule has 0 saturated carbocycles. The van der Waals surface area contributed by atoms with E-state index in [0.717, 1.165) is 36.9 Å². The molecule has 96 valence electrons. The highest BCUT2D eigenvalue weighted by atomic mass is 32.1. The Morgan fingerprint density at radius 1 is 1.35 bits per heavy atom. The monoisotopic (exact) mass is 254 g/mol. The fourth-order valence-corrected chi connectivity index (χ4v) is 3.18. The lowest BCUT2D eigenvalue weighted by molar-refractivity contribution is 0.0626. The number of unbranched alkanes of at least 4 members (excludes halogenated alkanes) is 1. The Morgan fingerprint density at radius 3 is 2.88 bits per heavy atom. The van der Waals surface area contributed by atoms with Gasteiger partial charge in [-0.2, -0.15) is 0 Å². The Bertz CT molecular complexity index is 291. The molecule has 0 amide bonds. The van der Waals surface area contributed by atoms with Crippen molar-refractivity contribution in [2.45, 2.75) is 44.6 Å². The average Bonchev–Trinajstić information content (AvgIpc) is 2.89. The molecule has 0 spiro atoms. The van der Waals surface area contributed by atoms with Gasteiger partial charge in [0.2, 0.25) is 0 Å². The summed E-state index contributed by atoms with van der Waals surface area (Å²) in [6.45, 7) is 1.89. The van der Waals surface area contributed by atoms with Crippen molar-refractivity contribution in [1.82, 2.24) is 0 Å². The first-order chi connectivity index (χ1) is 8.36. The first kappa shape index (κ1) is 13.1. The number of hydrogen-bond acceptors (Lipinski definition) is 3. The van der Waals surface area contributed by atoms with Crippen LogP contribution in [0.2, 0.25) is 0 Å². The average molecular weight is 254 g/mol. The lowest BCUT2D eigenvalue weighted by atomic mass is 9.93. The molecule has 0 radical (unpaired) electrons. The quantitative estimate of drug-likeness (QED) is 0.783. The Labute approximate surface area is 108 Å². The molecule has 0 bridgehead atoms. The molecular weight excluding hydrogens is 232 g/mol. The molecule has 1 aliphatic rings. The van der Waals surface area contributed by atoms with Crippen LogP contribution in [-0.2, 0) is 4.74 Å². The summed E-state index contributed by atoms with van der Waals surface area (Å²) in [6.07, 6.45) is 6.80. The highest BCUT2D eigenvalue weighted by Gasteiger charge is 2.14. The topological polar surface area (TPSA) is 29.5 Å². The number of ether oxygens (including phenoxy) is 1. The second-order valence-electron chi connectivity index (χ2n) is 4.87. The summed E-state index contributed by atoms with van der Waals surface area (Å²) < 4.78 is 5.35. The first-order valence-electron chi connectivity index (χ1n) is 6.65. The van der Waals surface area contributed by atoms with Gasteiger partial charge in [-0.3, -0.25) is 0 Å². The minimum atomic E-state index is -0.246. The van der Waals surface area contributed by atoms with Crippen LogP contribution in [0.15, 0.2) is 17.5 Å². The van der Waals surface area contributed by atoms with Gasteiger partial charge in [-0.25, -0.2) is 0 Å². The molecule has 1 saturated heterocycles. The van der Waals surface area contributed by atoms with Crippen LogP contribution in [0.1, 0.15) is 49.5 Å². The zero-order chi connectivity index (χ0) is 11.9. The summed E-state index contributed by atoms with van der Waals surface area (Å²) in [6, 6.07) is 4.03. The predicted molar refractivity (Wildman–Crippen MR) is 71.3 cm³/mol. The highest BCUT2D eigenvalue weighted by Crippen LogP contribution is 2.26. The van der Waals surface area contributed by atoms with E-state index in [9.17, 15) is 5.11 Å². The number of rotatable bonds is 6. The molecule has 1 aliphatic heterocycles. The van der Waals surface area contributed by atoms with E-state index >= 15 is 0 Å². The molecule has 1 aromatic rings. The largest absolute Gasteiger partial charge is 0.388 e. The second kappa shape index (κ2) is 7.14. The van der Waals surface area contributed by atoms with Gasteiger partial charge in [0.25, 0.3) is 0 Å². The lowest BCUT2D eigenvalue weighted by Crippen LogP contribution is -2.15. The number of hydrogen-bond donors (Lipinski definition) is 1. The SMILES string of the molecule is OC(CCCCC1CCOCC1)c1cccs1. The predicted octanol–water partition coefficient (Wildman–Crippen LogP) is 3.77. The van der Waals surface area contributed by atoms with Crippen LogP contribution < -0.4 is 0 Å². The molecule has 0 aromatic carbocycles. The van der Waals surface area contributed by atoms with Gasteiger partial charge in [-0.15, -0.1) is 11.3 Å². The third-order valence-corrected chi connectivity index (χ3v) is 4.53. The molecule has 2 rings (SSSR count). The molecule has 1 atom stereocenters. The first-order valence-corrected chi connectivity index (χ1v) is 7.53. The van der Waals surface area contributed by atoms with Crippen molar-refractivity contribution in [2.75, 3.05) is 13.2 Å². The zero-order valence-corrected chi connectivity index (χ0v) is 11.1. The number of thiophene rings is 1. The summed E-state index contributed by atoms with van der Waals surface area (Å²) in [5.74, 6) is 0.864. The van der Waals surface area contributed by atoms with E-state index in [1.807, 2.05) is 17.5 Å². The third-order valence-electron chi connectivity index (χ3n) is 3.55. The van der Waals surface area contributed by atoms with E-state index in [2.05, 4.69) is 0 Å². The maximum atomic E-state index is 9.94. The standard InChI is InChI=1S/C14H22O2S/c15-13(14-6-3-11-17-14)5-2-1-4-12-7-9-16-10-8-12/h3,6,11-13,15H,1-2,4-5,7-10H2. The summed E-state index contributed by atoms with van der Waals surface area (Å²) in [4.78, 5) is 1.11. The van der Waals surface area contributed by atoms with Crippen molar-refractivity contribution in [1.29, 1.82) is 0 Å². The van der Waals surface area contributed by atoms with Crippen molar-refractivity contribution in [3.05, 3.63) is 22.4 Å². The van der Waals surface area contributed by atoms with E-state index in [1.165, 1.54) is 25.7 Å². The van der Waals surface area contributed by atoms with Gasteiger partial charge in [0.1, 0.15) is 0 Å². The van der Waals surface area contributed by atoms with Crippen LogP contribution >= 0.6 is 11.3 Å². The van der Waals surface area contributed by atoms with Crippen molar-refractivity contribution in [3.63, 3.8) is 0 Å². The molecule has 3 heteroatoms. The van der Waals surface area contributed by atoms with E-state index in [0.29, 0.717) is 0 Å². The van der Waals surface area contributed by atoms with Gasteiger partial charge in [0, 0.05) is 18.1 Å². The van der Waals surface area contributed by atoms with Gasteiger partial charge in [-0.1, -0.05) is 25.3 Å². The molecule has 17 heavy (non-hydrogen) atoms. The van der Waals surface area contributed by atoms with Crippen molar-refractivity contribution in [3.8, 4) is 0 Å². The van der Waals surface area contributed by atoms with Crippen LogP contribution in [0.4, 0.5) is 0 Å². The fourth-order valence-electron chi connectivity index (χ4n) is 2.43. The minimum absolute atomic E-state index is 0.246. The molecular formula is C14H22O2S. The molecule has 1 aromatic heterocycles. The van der Waals surface area contributed by atoms with Crippen LogP contribution in [0.5, 0.6) is 0 Å².